The molecule has 0 radical (unpaired) electrons. The number of benzene rings is 1. The Kier molecular flexibility index (Phi) is 7.55. The molecule has 9 atom stereocenters. The Morgan fingerprint density at radius 2 is 1.61 bits per heavy atom. The van der Waals surface area contributed by atoms with E-state index in [1.54, 1.807) is 7.11 Å². The molecule has 242 valence electrons. The standard InChI is InChI=1S/C39H57NO4/c1-34(2)30-13-17-39(7)32(37(30,5)16-14-31(34)42)29(41)23-27-28-24-36(4,19-18-35(28,3)20-21-38(27,39)6)33(43)40-22-15-25-9-11-26(44-8)12-10-25/h9-12,23,28,30-32,42H,13-22,24H2,1-8H3,(H,40,43)/t28-,30-,31-,32+,35+,36-,37-,38+,39+/m0/s1. The molecule has 1 aromatic rings. The zero-order valence-electron chi connectivity index (χ0n) is 28.6. The Balaban J connectivity index is 1.26. The van der Waals surface area contributed by atoms with E-state index in [9.17, 15) is 14.7 Å². The van der Waals surface area contributed by atoms with E-state index in [1.165, 1.54) is 11.1 Å². The van der Waals surface area contributed by atoms with Crippen molar-refractivity contribution < 1.29 is 19.4 Å². The van der Waals surface area contributed by atoms with Crippen molar-refractivity contribution in [1.29, 1.82) is 0 Å². The lowest BCUT2D eigenvalue weighted by Gasteiger charge is -2.70. The van der Waals surface area contributed by atoms with Crippen LogP contribution in [0, 0.1) is 50.2 Å². The maximum atomic E-state index is 14.5. The minimum Gasteiger partial charge on any atom is -0.497 e. The van der Waals surface area contributed by atoms with Crippen molar-refractivity contribution in [2.24, 2.45) is 50.2 Å². The molecule has 0 unspecified atom stereocenters. The van der Waals surface area contributed by atoms with Crippen LogP contribution in [-0.4, -0.2) is 36.6 Å². The van der Waals surface area contributed by atoms with Gasteiger partial charge in [-0.25, -0.2) is 0 Å². The number of hydrogen-bond donors (Lipinski definition) is 2. The van der Waals surface area contributed by atoms with Crippen molar-refractivity contribution in [3.63, 3.8) is 0 Å². The normalized spacial score (nSPS) is 44.3. The number of carbonyl (C=O) groups excluding carboxylic acids is 2. The Morgan fingerprint density at radius 1 is 0.932 bits per heavy atom. The summed E-state index contributed by atoms with van der Waals surface area (Å²) in [5, 5.41) is 14.3. The Bertz CT molecular complexity index is 1350. The summed E-state index contributed by atoms with van der Waals surface area (Å²) >= 11 is 0. The molecule has 0 aromatic heterocycles. The summed E-state index contributed by atoms with van der Waals surface area (Å²) in [6.07, 6.45) is 11.4. The molecule has 1 amide bonds. The van der Waals surface area contributed by atoms with Crippen LogP contribution in [0.5, 0.6) is 5.75 Å². The summed E-state index contributed by atoms with van der Waals surface area (Å²) < 4.78 is 5.28. The number of amides is 1. The summed E-state index contributed by atoms with van der Waals surface area (Å²) in [7, 11) is 1.67. The number of nitrogens with one attached hydrogen (secondary N) is 1. The van der Waals surface area contributed by atoms with Crippen LogP contribution in [0.1, 0.15) is 112 Å². The molecule has 1 aromatic carbocycles. The number of ketones is 1. The second kappa shape index (κ2) is 10.4. The molecule has 5 aliphatic carbocycles. The number of rotatable bonds is 5. The minimum absolute atomic E-state index is 0.0186. The molecule has 5 heteroatoms. The van der Waals surface area contributed by atoms with E-state index in [-0.39, 0.29) is 50.9 Å². The number of carbonyl (C=O) groups is 2. The molecular weight excluding hydrogens is 546 g/mol. The predicted octanol–water partition coefficient (Wildman–Crippen LogP) is 7.70. The van der Waals surface area contributed by atoms with E-state index < -0.39 is 5.41 Å². The summed E-state index contributed by atoms with van der Waals surface area (Å²) in [4.78, 5) is 28.4. The fraction of sp³-hybridized carbons (Fsp3) is 0.744. The number of methoxy groups -OCH3 is 1. The molecule has 44 heavy (non-hydrogen) atoms. The Hall–Kier alpha value is -2.14. The van der Waals surface area contributed by atoms with E-state index in [1.807, 2.05) is 12.1 Å². The van der Waals surface area contributed by atoms with Gasteiger partial charge in [-0.2, -0.15) is 0 Å². The molecule has 0 bridgehead atoms. The third kappa shape index (κ3) is 4.48. The molecule has 2 N–H and O–H groups in total. The van der Waals surface area contributed by atoms with Gasteiger partial charge < -0.3 is 15.2 Å². The average Bonchev–Trinajstić information content (AvgIpc) is 2.97. The fourth-order valence-corrected chi connectivity index (χ4v) is 11.7. The van der Waals surface area contributed by atoms with Gasteiger partial charge in [0.1, 0.15) is 5.75 Å². The number of hydrogen-bond acceptors (Lipinski definition) is 4. The van der Waals surface area contributed by atoms with Crippen LogP contribution in [0.3, 0.4) is 0 Å². The average molecular weight is 604 g/mol. The Labute approximate surface area is 266 Å². The van der Waals surface area contributed by atoms with Gasteiger partial charge in [-0.05, 0) is 127 Å². The third-order valence-corrected chi connectivity index (χ3v) is 15.0. The van der Waals surface area contributed by atoms with Crippen LogP contribution in [-0.2, 0) is 16.0 Å². The molecule has 6 rings (SSSR count). The van der Waals surface area contributed by atoms with Crippen molar-refractivity contribution >= 4 is 11.7 Å². The summed E-state index contributed by atoms with van der Waals surface area (Å²) in [6.45, 7) is 17.0. The highest BCUT2D eigenvalue weighted by Gasteiger charge is 2.70. The topological polar surface area (TPSA) is 75.6 Å². The first-order valence-corrected chi connectivity index (χ1v) is 17.4. The van der Waals surface area contributed by atoms with E-state index in [0.29, 0.717) is 18.2 Å². The van der Waals surface area contributed by atoms with Gasteiger partial charge in [0.25, 0.3) is 0 Å². The molecule has 0 saturated heterocycles. The highest BCUT2D eigenvalue weighted by atomic mass is 16.5. The molecule has 5 aliphatic rings. The molecule has 4 saturated carbocycles. The lowest BCUT2D eigenvalue weighted by molar-refractivity contribution is -0.202. The van der Waals surface area contributed by atoms with Crippen molar-refractivity contribution in [3.8, 4) is 5.75 Å². The monoisotopic (exact) mass is 603 g/mol. The molecular formula is C39H57NO4. The van der Waals surface area contributed by atoms with Gasteiger partial charge in [-0.3, -0.25) is 9.59 Å². The minimum atomic E-state index is -0.447. The van der Waals surface area contributed by atoms with Crippen LogP contribution in [0.2, 0.25) is 0 Å². The molecule has 0 heterocycles. The van der Waals surface area contributed by atoms with Gasteiger partial charge in [0, 0.05) is 17.9 Å². The zero-order chi connectivity index (χ0) is 31.9. The van der Waals surface area contributed by atoms with Crippen molar-refractivity contribution in [1.82, 2.24) is 5.32 Å². The van der Waals surface area contributed by atoms with Gasteiger partial charge in [0.05, 0.1) is 13.2 Å². The molecule has 5 nitrogen and oxygen atoms in total. The number of allylic oxidation sites excluding steroid dienone is 2. The quantitative estimate of drug-likeness (QED) is 0.362. The number of aliphatic hydroxyl groups excluding tert-OH is 1. The van der Waals surface area contributed by atoms with Crippen LogP contribution in [0.25, 0.3) is 0 Å². The van der Waals surface area contributed by atoms with Gasteiger partial charge >= 0.3 is 0 Å². The number of ether oxygens (including phenoxy) is 1. The van der Waals surface area contributed by atoms with Crippen molar-refractivity contribution in [2.45, 2.75) is 119 Å². The summed E-state index contributed by atoms with van der Waals surface area (Å²) in [6, 6.07) is 8.06. The first kappa shape index (κ1) is 31.8. The zero-order valence-corrected chi connectivity index (χ0v) is 28.6. The van der Waals surface area contributed by atoms with Crippen LogP contribution >= 0.6 is 0 Å². The van der Waals surface area contributed by atoms with E-state index >= 15 is 0 Å². The Morgan fingerprint density at radius 3 is 2.30 bits per heavy atom. The van der Waals surface area contributed by atoms with E-state index in [2.05, 4.69) is 72.0 Å². The first-order chi connectivity index (χ1) is 20.5. The second-order valence-electron chi connectivity index (χ2n) is 17.5. The van der Waals surface area contributed by atoms with E-state index in [0.717, 1.165) is 70.0 Å². The highest BCUT2D eigenvalue weighted by molar-refractivity contribution is 5.95. The van der Waals surface area contributed by atoms with Crippen LogP contribution in [0.4, 0.5) is 0 Å². The van der Waals surface area contributed by atoms with Gasteiger partial charge in [-0.15, -0.1) is 0 Å². The number of fused-ring (bicyclic) bond motifs is 7. The highest BCUT2D eigenvalue weighted by Crippen LogP contribution is 2.75. The van der Waals surface area contributed by atoms with Gasteiger partial charge in [0.15, 0.2) is 5.78 Å². The summed E-state index contributed by atoms with van der Waals surface area (Å²) in [5.41, 5.74) is 1.74. The fourth-order valence-electron chi connectivity index (χ4n) is 11.7. The van der Waals surface area contributed by atoms with Crippen molar-refractivity contribution in [3.05, 3.63) is 41.5 Å². The number of aliphatic hydroxyl groups is 1. The molecule has 4 fully saturated rings. The van der Waals surface area contributed by atoms with Crippen LogP contribution < -0.4 is 10.1 Å². The van der Waals surface area contributed by atoms with Crippen molar-refractivity contribution in [2.75, 3.05) is 13.7 Å². The SMILES string of the molecule is COc1ccc(CCNC(=O)[C@@]2(C)CC[C@]3(C)CC[C@]4(C)C(=CC(=O)[C@@H]5[C@@]6(C)CC[C@H](O)C(C)(C)[C@@H]6CC[C@]54C)[C@@H]3C2)cc1. The first-order valence-electron chi connectivity index (χ1n) is 17.4. The molecule has 0 spiro atoms. The lowest BCUT2D eigenvalue weighted by atomic mass is 9.33. The van der Waals surface area contributed by atoms with E-state index in [4.69, 9.17) is 4.74 Å². The maximum Gasteiger partial charge on any atom is 0.225 e. The smallest absolute Gasteiger partial charge is 0.225 e. The molecule has 0 aliphatic heterocycles. The largest absolute Gasteiger partial charge is 0.497 e. The summed E-state index contributed by atoms with van der Waals surface area (Å²) in [5.74, 6) is 1.88. The second-order valence-corrected chi connectivity index (χ2v) is 17.5. The van der Waals surface area contributed by atoms with Crippen LogP contribution in [0.15, 0.2) is 35.9 Å². The third-order valence-electron chi connectivity index (χ3n) is 15.0. The van der Waals surface area contributed by atoms with Gasteiger partial charge in [-0.1, -0.05) is 66.2 Å². The van der Waals surface area contributed by atoms with Gasteiger partial charge in [0.2, 0.25) is 5.91 Å². The lowest BCUT2D eigenvalue weighted by Crippen LogP contribution is -2.66. The predicted molar refractivity (Wildman–Crippen MR) is 175 cm³/mol. The maximum absolute atomic E-state index is 14.5.